The molecule has 0 spiro atoms. The van der Waals surface area contributed by atoms with Crippen molar-refractivity contribution in [1.29, 1.82) is 0 Å². The Bertz CT molecular complexity index is 805. The lowest BCUT2D eigenvalue weighted by atomic mass is 10.1. The molecule has 0 amide bonds. The Morgan fingerprint density at radius 1 is 1.26 bits per heavy atom. The second-order valence-electron chi connectivity index (χ2n) is 4.85. The van der Waals surface area contributed by atoms with Gasteiger partial charge in [0.1, 0.15) is 5.65 Å². The number of nitrogens with two attached hydrogens (primary N) is 1. The van der Waals surface area contributed by atoms with E-state index in [1.54, 1.807) is 0 Å². The van der Waals surface area contributed by atoms with Gasteiger partial charge in [-0.15, -0.1) is 0 Å². The van der Waals surface area contributed by atoms with E-state index in [1.165, 1.54) is 16.8 Å². The lowest BCUT2D eigenvalue weighted by molar-refractivity contribution is 1.01. The number of aromatic nitrogens is 2. The van der Waals surface area contributed by atoms with Crippen LogP contribution in [0.3, 0.4) is 0 Å². The van der Waals surface area contributed by atoms with Crippen LogP contribution in [0.5, 0.6) is 0 Å². The fourth-order valence-electron chi connectivity index (χ4n) is 2.77. The molecule has 0 atom stereocenters. The molecule has 0 radical (unpaired) electrons. The molecule has 0 saturated heterocycles. The van der Waals surface area contributed by atoms with Gasteiger partial charge in [-0.25, -0.2) is 4.98 Å². The summed E-state index contributed by atoms with van der Waals surface area (Å²) in [6, 6.07) is 10.5. The molecule has 2 aromatic heterocycles. The fraction of sp³-hybridized carbons (Fsp3) is 0.133. The van der Waals surface area contributed by atoms with Crippen molar-refractivity contribution in [3.63, 3.8) is 0 Å². The SMILES string of the molecule is NCc1ccn2c3c(nc2c1)-c1ccc(Br)cc1C3. The Labute approximate surface area is 119 Å². The van der Waals surface area contributed by atoms with Gasteiger partial charge >= 0.3 is 0 Å². The first-order valence-electron chi connectivity index (χ1n) is 6.25. The molecule has 4 rings (SSSR count). The second-order valence-corrected chi connectivity index (χ2v) is 5.77. The van der Waals surface area contributed by atoms with Crippen molar-refractivity contribution in [2.24, 2.45) is 5.73 Å². The van der Waals surface area contributed by atoms with Crippen LogP contribution in [0.2, 0.25) is 0 Å². The van der Waals surface area contributed by atoms with Crippen molar-refractivity contribution in [3.05, 3.63) is 57.8 Å². The predicted octanol–water partition coefficient (Wildman–Crippen LogP) is 3.13. The monoisotopic (exact) mass is 313 g/mol. The normalized spacial score (nSPS) is 12.7. The number of fused-ring (bicyclic) bond motifs is 5. The summed E-state index contributed by atoms with van der Waals surface area (Å²) in [4.78, 5) is 4.76. The van der Waals surface area contributed by atoms with E-state index in [-0.39, 0.29) is 0 Å². The number of hydrogen-bond acceptors (Lipinski definition) is 2. The lowest BCUT2D eigenvalue weighted by Gasteiger charge is -2.02. The summed E-state index contributed by atoms with van der Waals surface area (Å²) in [7, 11) is 0. The molecule has 1 aliphatic carbocycles. The maximum atomic E-state index is 5.68. The number of rotatable bonds is 1. The minimum absolute atomic E-state index is 0.553. The smallest absolute Gasteiger partial charge is 0.137 e. The van der Waals surface area contributed by atoms with Crippen molar-refractivity contribution in [2.75, 3.05) is 0 Å². The van der Waals surface area contributed by atoms with Gasteiger partial charge in [0.15, 0.2) is 0 Å². The van der Waals surface area contributed by atoms with Gasteiger partial charge in [0.05, 0.1) is 11.4 Å². The highest BCUT2D eigenvalue weighted by Crippen LogP contribution is 2.37. The highest BCUT2D eigenvalue weighted by atomic mass is 79.9. The summed E-state index contributed by atoms with van der Waals surface area (Å²) < 4.78 is 3.29. The molecule has 1 aliphatic rings. The summed E-state index contributed by atoms with van der Waals surface area (Å²) in [6.07, 6.45) is 3.01. The van der Waals surface area contributed by atoms with E-state index in [0.717, 1.165) is 27.8 Å². The number of nitrogens with zero attached hydrogens (tertiary/aromatic N) is 2. The summed E-state index contributed by atoms with van der Waals surface area (Å²) in [5.41, 5.74) is 12.8. The van der Waals surface area contributed by atoms with Crippen LogP contribution in [0.25, 0.3) is 16.9 Å². The van der Waals surface area contributed by atoms with E-state index < -0.39 is 0 Å². The average molecular weight is 314 g/mol. The summed E-state index contributed by atoms with van der Waals surface area (Å²) in [5, 5.41) is 0. The summed E-state index contributed by atoms with van der Waals surface area (Å²) >= 11 is 3.53. The Morgan fingerprint density at radius 2 is 2.16 bits per heavy atom. The van der Waals surface area contributed by atoms with Crippen molar-refractivity contribution in [1.82, 2.24) is 9.38 Å². The van der Waals surface area contributed by atoms with Gasteiger partial charge in [-0.05, 0) is 35.4 Å². The molecular formula is C15H12BrN3. The van der Waals surface area contributed by atoms with Gasteiger partial charge in [0.2, 0.25) is 0 Å². The molecule has 0 bridgehead atoms. The fourth-order valence-corrected chi connectivity index (χ4v) is 3.18. The highest BCUT2D eigenvalue weighted by Gasteiger charge is 2.23. The van der Waals surface area contributed by atoms with E-state index in [4.69, 9.17) is 10.7 Å². The molecule has 3 aromatic rings. The van der Waals surface area contributed by atoms with Crippen LogP contribution >= 0.6 is 15.9 Å². The van der Waals surface area contributed by atoms with Gasteiger partial charge in [-0.2, -0.15) is 0 Å². The van der Waals surface area contributed by atoms with Crippen LogP contribution in [-0.2, 0) is 13.0 Å². The first-order chi connectivity index (χ1) is 9.26. The third-order valence-corrected chi connectivity index (χ3v) is 4.20. The Balaban J connectivity index is 1.98. The van der Waals surface area contributed by atoms with Crippen LogP contribution < -0.4 is 5.73 Å². The largest absolute Gasteiger partial charge is 0.326 e. The Kier molecular flexibility index (Phi) is 2.31. The molecule has 3 nitrogen and oxygen atoms in total. The summed E-state index contributed by atoms with van der Waals surface area (Å²) in [6.45, 7) is 0.553. The molecule has 1 aromatic carbocycles. The second kappa shape index (κ2) is 3.92. The maximum absolute atomic E-state index is 5.68. The number of pyridine rings is 1. The summed E-state index contributed by atoms with van der Waals surface area (Å²) in [5.74, 6) is 0. The molecule has 0 fully saturated rings. The van der Waals surface area contributed by atoms with Crippen LogP contribution in [0.4, 0.5) is 0 Å². The number of benzene rings is 1. The van der Waals surface area contributed by atoms with Crippen molar-refractivity contribution in [2.45, 2.75) is 13.0 Å². The predicted molar refractivity (Wildman–Crippen MR) is 79.0 cm³/mol. The van der Waals surface area contributed by atoms with Crippen LogP contribution in [0.1, 0.15) is 16.8 Å². The van der Waals surface area contributed by atoms with E-state index in [0.29, 0.717) is 6.54 Å². The van der Waals surface area contributed by atoms with E-state index >= 15 is 0 Å². The van der Waals surface area contributed by atoms with Crippen molar-refractivity contribution >= 4 is 21.6 Å². The van der Waals surface area contributed by atoms with Crippen LogP contribution in [0.15, 0.2) is 41.0 Å². The Hall–Kier alpha value is -1.65. The minimum atomic E-state index is 0.553. The number of imidazole rings is 1. The average Bonchev–Trinajstić information content (AvgIpc) is 2.92. The third kappa shape index (κ3) is 1.57. The molecule has 2 heterocycles. The van der Waals surface area contributed by atoms with Gasteiger partial charge in [-0.1, -0.05) is 22.0 Å². The van der Waals surface area contributed by atoms with Crippen molar-refractivity contribution in [3.8, 4) is 11.3 Å². The number of halogens is 1. The number of hydrogen-bond donors (Lipinski definition) is 1. The zero-order valence-electron chi connectivity index (χ0n) is 10.2. The zero-order valence-corrected chi connectivity index (χ0v) is 11.8. The highest BCUT2D eigenvalue weighted by molar-refractivity contribution is 9.10. The van der Waals surface area contributed by atoms with Crippen LogP contribution in [-0.4, -0.2) is 9.38 Å². The standard InChI is InChI=1S/C15H12BrN3/c16-11-1-2-12-10(6-11)7-13-15(12)18-14-5-9(8-17)3-4-19(13)14/h1-6H,7-8,17H2. The topological polar surface area (TPSA) is 43.3 Å². The molecule has 94 valence electrons. The van der Waals surface area contributed by atoms with Gasteiger partial charge in [0.25, 0.3) is 0 Å². The minimum Gasteiger partial charge on any atom is -0.326 e. The van der Waals surface area contributed by atoms with Crippen molar-refractivity contribution < 1.29 is 0 Å². The lowest BCUT2D eigenvalue weighted by Crippen LogP contribution is -1.98. The van der Waals surface area contributed by atoms with E-state index in [2.05, 4.69) is 56.9 Å². The van der Waals surface area contributed by atoms with Gasteiger partial charge in [0, 0.05) is 29.2 Å². The van der Waals surface area contributed by atoms with Crippen LogP contribution in [0, 0.1) is 0 Å². The molecule has 2 N–H and O–H groups in total. The van der Waals surface area contributed by atoms with Gasteiger partial charge in [-0.3, -0.25) is 0 Å². The van der Waals surface area contributed by atoms with E-state index in [9.17, 15) is 0 Å². The zero-order chi connectivity index (χ0) is 13.0. The molecule has 19 heavy (non-hydrogen) atoms. The molecular weight excluding hydrogens is 302 g/mol. The Morgan fingerprint density at radius 3 is 3.00 bits per heavy atom. The first-order valence-corrected chi connectivity index (χ1v) is 7.04. The molecule has 4 heteroatoms. The first kappa shape index (κ1) is 11.2. The third-order valence-electron chi connectivity index (χ3n) is 3.71. The molecule has 0 aliphatic heterocycles. The van der Waals surface area contributed by atoms with Gasteiger partial charge < -0.3 is 10.1 Å². The molecule has 0 saturated carbocycles. The molecule has 0 unspecified atom stereocenters. The maximum Gasteiger partial charge on any atom is 0.137 e. The quantitative estimate of drug-likeness (QED) is 0.586. The van der Waals surface area contributed by atoms with E-state index in [1.807, 2.05) is 0 Å².